The van der Waals surface area contributed by atoms with Crippen LogP contribution in [0, 0.1) is 0 Å². The van der Waals surface area contributed by atoms with Crippen LogP contribution in [0.25, 0.3) is 0 Å². The highest BCUT2D eigenvalue weighted by Gasteiger charge is 2.26. The molecule has 0 radical (unpaired) electrons. The molecule has 0 aliphatic heterocycles. The second-order valence-corrected chi connectivity index (χ2v) is 4.87. The Hall–Kier alpha value is -0.860. The van der Waals surface area contributed by atoms with Crippen molar-refractivity contribution in [1.82, 2.24) is 5.32 Å². The Kier molecular flexibility index (Phi) is 4.51. The van der Waals surface area contributed by atoms with Crippen LogP contribution in [0.15, 0.2) is 24.3 Å². The Morgan fingerprint density at radius 1 is 1.25 bits per heavy atom. The lowest BCUT2D eigenvalue weighted by atomic mass is 9.91. The van der Waals surface area contributed by atoms with Crippen LogP contribution in [0.4, 0.5) is 0 Å². The average Bonchev–Trinajstić information content (AvgIpc) is 2.20. The van der Waals surface area contributed by atoms with Gasteiger partial charge < -0.3 is 10.4 Å². The monoisotopic (exact) mass is 221 g/mol. The fourth-order valence-electron chi connectivity index (χ4n) is 2.09. The lowest BCUT2D eigenvalue weighted by molar-refractivity contribution is 0.0400. The number of hydrogen-bond donors (Lipinski definition) is 2. The summed E-state index contributed by atoms with van der Waals surface area (Å²) in [4.78, 5) is 0. The van der Waals surface area contributed by atoms with E-state index in [0.717, 1.165) is 12.0 Å². The van der Waals surface area contributed by atoms with E-state index in [1.807, 2.05) is 20.9 Å². The van der Waals surface area contributed by atoms with E-state index in [2.05, 4.69) is 36.5 Å². The smallest absolute Gasteiger partial charge is 0.0785 e. The van der Waals surface area contributed by atoms with E-state index in [0.29, 0.717) is 0 Å². The molecular weight excluding hydrogens is 198 g/mol. The Balaban J connectivity index is 2.87. The topological polar surface area (TPSA) is 32.3 Å². The predicted molar refractivity (Wildman–Crippen MR) is 68.5 cm³/mol. The van der Waals surface area contributed by atoms with Crippen molar-refractivity contribution in [3.63, 3.8) is 0 Å². The van der Waals surface area contributed by atoms with Crippen molar-refractivity contribution in [2.75, 3.05) is 7.05 Å². The number of aryl methyl sites for hydroxylation is 1. The molecule has 2 N–H and O–H groups in total. The van der Waals surface area contributed by atoms with Crippen LogP contribution in [-0.2, 0) is 6.42 Å². The van der Waals surface area contributed by atoms with Crippen molar-refractivity contribution in [3.05, 3.63) is 35.4 Å². The summed E-state index contributed by atoms with van der Waals surface area (Å²) in [7, 11) is 1.88. The summed E-state index contributed by atoms with van der Waals surface area (Å²) in [6.45, 7) is 5.84. The van der Waals surface area contributed by atoms with Gasteiger partial charge in [-0.05, 0) is 38.4 Å². The maximum Gasteiger partial charge on any atom is 0.0785 e. The highest BCUT2D eigenvalue weighted by Crippen LogP contribution is 2.25. The molecule has 1 aromatic carbocycles. The zero-order valence-corrected chi connectivity index (χ0v) is 10.7. The van der Waals surface area contributed by atoms with Gasteiger partial charge >= 0.3 is 0 Å². The molecule has 0 aliphatic carbocycles. The lowest BCUT2D eigenvalue weighted by Gasteiger charge is -2.29. The standard InChI is InChI=1S/C14H23NO/c1-5-6-11-7-9-12(10-8-11)13(15-4)14(2,3)16/h7-10,13,15-16H,5-6H2,1-4H3. The zero-order chi connectivity index (χ0) is 12.2. The van der Waals surface area contributed by atoms with E-state index >= 15 is 0 Å². The van der Waals surface area contributed by atoms with Gasteiger partial charge in [0.2, 0.25) is 0 Å². The van der Waals surface area contributed by atoms with Crippen molar-refractivity contribution in [1.29, 1.82) is 0 Å². The highest BCUT2D eigenvalue weighted by molar-refractivity contribution is 5.26. The summed E-state index contributed by atoms with van der Waals surface area (Å²) in [5.74, 6) is 0. The van der Waals surface area contributed by atoms with Gasteiger partial charge in [-0.3, -0.25) is 0 Å². The van der Waals surface area contributed by atoms with Gasteiger partial charge in [-0.1, -0.05) is 37.6 Å². The predicted octanol–water partition coefficient (Wildman–Crippen LogP) is 2.67. The van der Waals surface area contributed by atoms with Crippen LogP contribution in [0.1, 0.15) is 44.4 Å². The Morgan fingerprint density at radius 2 is 1.81 bits per heavy atom. The van der Waals surface area contributed by atoms with E-state index < -0.39 is 5.60 Å². The summed E-state index contributed by atoms with van der Waals surface area (Å²) >= 11 is 0. The molecule has 0 aromatic heterocycles. The molecule has 0 amide bonds. The second-order valence-electron chi connectivity index (χ2n) is 4.87. The molecule has 0 aliphatic rings. The van der Waals surface area contributed by atoms with Gasteiger partial charge in [0.25, 0.3) is 0 Å². The molecule has 0 saturated carbocycles. The average molecular weight is 221 g/mol. The van der Waals surface area contributed by atoms with Crippen molar-refractivity contribution in [2.24, 2.45) is 0 Å². The van der Waals surface area contributed by atoms with Crippen LogP contribution in [-0.4, -0.2) is 17.8 Å². The van der Waals surface area contributed by atoms with Crippen LogP contribution >= 0.6 is 0 Å². The fraction of sp³-hybridized carbons (Fsp3) is 0.571. The number of aliphatic hydroxyl groups is 1. The largest absolute Gasteiger partial charge is 0.388 e. The molecule has 0 heterocycles. The lowest BCUT2D eigenvalue weighted by Crippen LogP contribution is -2.37. The molecule has 90 valence electrons. The summed E-state index contributed by atoms with van der Waals surface area (Å²) in [6, 6.07) is 8.47. The van der Waals surface area contributed by atoms with E-state index in [9.17, 15) is 5.11 Å². The number of rotatable bonds is 5. The third-order valence-corrected chi connectivity index (χ3v) is 2.85. The molecular formula is C14H23NO. The van der Waals surface area contributed by atoms with Gasteiger partial charge in [0.05, 0.1) is 11.6 Å². The van der Waals surface area contributed by atoms with E-state index in [4.69, 9.17) is 0 Å². The van der Waals surface area contributed by atoms with Gasteiger partial charge in [0, 0.05) is 0 Å². The van der Waals surface area contributed by atoms with Crippen molar-refractivity contribution < 1.29 is 5.11 Å². The van der Waals surface area contributed by atoms with E-state index in [1.165, 1.54) is 12.0 Å². The third kappa shape index (κ3) is 3.32. The molecule has 2 heteroatoms. The van der Waals surface area contributed by atoms with Crippen molar-refractivity contribution >= 4 is 0 Å². The summed E-state index contributed by atoms with van der Waals surface area (Å²) < 4.78 is 0. The summed E-state index contributed by atoms with van der Waals surface area (Å²) in [5, 5.41) is 13.2. The normalized spacial score (nSPS) is 13.8. The van der Waals surface area contributed by atoms with Crippen LogP contribution < -0.4 is 5.32 Å². The Bertz CT molecular complexity index is 311. The number of nitrogens with one attached hydrogen (secondary N) is 1. The maximum atomic E-state index is 10.0. The third-order valence-electron chi connectivity index (χ3n) is 2.85. The summed E-state index contributed by atoms with van der Waals surface area (Å²) in [6.07, 6.45) is 2.29. The minimum Gasteiger partial charge on any atom is -0.388 e. The van der Waals surface area contributed by atoms with Gasteiger partial charge in [0.15, 0.2) is 0 Å². The molecule has 0 saturated heterocycles. The minimum absolute atomic E-state index is 0.0248. The van der Waals surface area contributed by atoms with Crippen molar-refractivity contribution in [3.8, 4) is 0 Å². The van der Waals surface area contributed by atoms with E-state index in [1.54, 1.807) is 0 Å². The molecule has 16 heavy (non-hydrogen) atoms. The number of benzene rings is 1. The zero-order valence-electron chi connectivity index (χ0n) is 10.7. The first kappa shape index (κ1) is 13.2. The first-order valence-corrected chi connectivity index (χ1v) is 5.97. The molecule has 0 spiro atoms. The van der Waals surface area contributed by atoms with Gasteiger partial charge in [0.1, 0.15) is 0 Å². The van der Waals surface area contributed by atoms with Crippen LogP contribution in [0.2, 0.25) is 0 Å². The molecule has 2 nitrogen and oxygen atoms in total. The molecule has 0 bridgehead atoms. The Labute approximate surface area is 98.7 Å². The number of likely N-dealkylation sites (N-methyl/N-ethyl adjacent to an activating group) is 1. The first-order valence-electron chi connectivity index (χ1n) is 5.97. The second kappa shape index (κ2) is 5.46. The molecule has 0 fully saturated rings. The van der Waals surface area contributed by atoms with Gasteiger partial charge in [-0.15, -0.1) is 0 Å². The van der Waals surface area contributed by atoms with Crippen LogP contribution in [0.3, 0.4) is 0 Å². The Morgan fingerprint density at radius 3 is 2.19 bits per heavy atom. The van der Waals surface area contributed by atoms with Crippen LogP contribution in [0.5, 0.6) is 0 Å². The number of hydrogen-bond acceptors (Lipinski definition) is 2. The van der Waals surface area contributed by atoms with Gasteiger partial charge in [-0.2, -0.15) is 0 Å². The van der Waals surface area contributed by atoms with Crippen molar-refractivity contribution in [2.45, 2.75) is 45.3 Å². The van der Waals surface area contributed by atoms with E-state index in [-0.39, 0.29) is 6.04 Å². The summed E-state index contributed by atoms with van der Waals surface area (Å²) in [5.41, 5.74) is 1.74. The molecule has 1 aromatic rings. The quantitative estimate of drug-likeness (QED) is 0.801. The SMILES string of the molecule is CCCc1ccc(C(NC)C(C)(C)O)cc1. The molecule has 1 unspecified atom stereocenters. The van der Waals surface area contributed by atoms with Gasteiger partial charge in [-0.25, -0.2) is 0 Å². The minimum atomic E-state index is -0.749. The first-order chi connectivity index (χ1) is 7.49. The fourth-order valence-corrected chi connectivity index (χ4v) is 2.09. The molecule has 1 rings (SSSR count). The maximum absolute atomic E-state index is 10.0. The molecule has 1 atom stereocenters. The highest BCUT2D eigenvalue weighted by atomic mass is 16.3.